The van der Waals surface area contributed by atoms with Gasteiger partial charge in [0, 0.05) is 92.1 Å². The molecule has 1 aromatic carbocycles. The number of alkyl halides is 3. The molecule has 0 bridgehead atoms. The maximum absolute atomic E-state index is 14.3. The van der Waals surface area contributed by atoms with Crippen LogP contribution in [0.5, 0.6) is 0 Å². The Balaban J connectivity index is 0.00000256. The van der Waals surface area contributed by atoms with E-state index >= 15 is 0 Å². The van der Waals surface area contributed by atoms with Crippen molar-refractivity contribution in [2.24, 2.45) is 0 Å². The van der Waals surface area contributed by atoms with Gasteiger partial charge in [-0.25, -0.2) is 18.3 Å². The fourth-order valence-corrected chi connectivity index (χ4v) is 3.02. The third-order valence-electron chi connectivity index (χ3n) is 4.35. The van der Waals surface area contributed by atoms with Crippen LogP contribution in [0.1, 0.15) is 11.4 Å². The minimum absolute atomic E-state index is 0. The third-order valence-corrected chi connectivity index (χ3v) is 4.35. The second-order valence-corrected chi connectivity index (χ2v) is 6.30. The molecule has 4 rings (SSSR count). The molecule has 149 valence electrons. The number of H-pyrrole nitrogens is 1. The summed E-state index contributed by atoms with van der Waals surface area (Å²) in [4.78, 5) is 20.1. The van der Waals surface area contributed by atoms with Crippen LogP contribution in [0.15, 0.2) is 47.4 Å². The summed E-state index contributed by atoms with van der Waals surface area (Å²) in [6.07, 6.45) is -3.64. The Labute approximate surface area is 208 Å². The van der Waals surface area contributed by atoms with Gasteiger partial charge < -0.3 is 0 Å². The SMILES string of the molecule is Cc1[nH]n2c(=O)cc(-c3ccc(C(F)(F)F)nc3)nc2c1-c1ccc(F)cc1F.[K]. The van der Waals surface area contributed by atoms with Crippen LogP contribution in [0, 0.1) is 18.6 Å². The molecule has 0 saturated carbocycles. The molecule has 1 N–H and O–H groups in total. The van der Waals surface area contributed by atoms with E-state index in [2.05, 4.69) is 15.1 Å². The van der Waals surface area contributed by atoms with E-state index in [0.29, 0.717) is 11.8 Å². The Morgan fingerprint density at radius 2 is 1.80 bits per heavy atom. The summed E-state index contributed by atoms with van der Waals surface area (Å²) in [6.45, 7) is 1.59. The van der Waals surface area contributed by atoms with Crippen LogP contribution in [-0.2, 0) is 6.18 Å². The third kappa shape index (κ3) is 4.12. The van der Waals surface area contributed by atoms with Crippen LogP contribution in [-0.4, -0.2) is 71.0 Å². The Hall–Kier alpha value is -1.92. The summed E-state index contributed by atoms with van der Waals surface area (Å²) < 4.78 is 66.8. The van der Waals surface area contributed by atoms with Crippen molar-refractivity contribution >= 4 is 57.0 Å². The van der Waals surface area contributed by atoms with Crippen molar-refractivity contribution in [1.82, 2.24) is 19.6 Å². The summed E-state index contributed by atoms with van der Waals surface area (Å²) in [6, 6.07) is 6.05. The summed E-state index contributed by atoms with van der Waals surface area (Å²) in [5, 5.41) is 2.76. The Kier molecular flexibility index (Phi) is 6.30. The van der Waals surface area contributed by atoms with Gasteiger partial charge in [0.15, 0.2) is 5.65 Å². The van der Waals surface area contributed by atoms with Crippen molar-refractivity contribution in [3.63, 3.8) is 0 Å². The molecule has 1 radical (unpaired) electrons. The molecule has 0 atom stereocenters. The predicted molar refractivity (Wildman–Crippen MR) is 99.9 cm³/mol. The van der Waals surface area contributed by atoms with Gasteiger partial charge in [-0.05, 0) is 31.2 Å². The van der Waals surface area contributed by atoms with Crippen LogP contribution < -0.4 is 5.56 Å². The molecule has 0 fully saturated rings. The number of pyridine rings is 1. The maximum Gasteiger partial charge on any atom is 0.433 e. The summed E-state index contributed by atoms with van der Waals surface area (Å²) in [5.41, 5.74) is -0.662. The van der Waals surface area contributed by atoms with Crippen LogP contribution >= 0.6 is 0 Å². The quantitative estimate of drug-likeness (QED) is 0.375. The normalized spacial score (nSPS) is 11.5. The van der Waals surface area contributed by atoms with Gasteiger partial charge in [0.25, 0.3) is 5.56 Å². The number of fused-ring (bicyclic) bond motifs is 1. The van der Waals surface area contributed by atoms with Crippen LogP contribution in [0.25, 0.3) is 28.0 Å². The van der Waals surface area contributed by atoms with E-state index in [9.17, 15) is 26.7 Å². The molecule has 3 aromatic heterocycles. The second-order valence-electron chi connectivity index (χ2n) is 6.30. The molecule has 0 spiro atoms. The largest absolute Gasteiger partial charge is 0.433 e. The number of aryl methyl sites for hydroxylation is 1. The molecule has 0 unspecified atom stereocenters. The molecule has 30 heavy (non-hydrogen) atoms. The maximum atomic E-state index is 14.3. The Bertz CT molecular complexity index is 1300. The number of benzene rings is 1. The number of nitrogens with one attached hydrogen (secondary N) is 1. The van der Waals surface area contributed by atoms with Crippen molar-refractivity contribution in [2.75, 3.05) is 0 Å². The van der Waals surface area contributed by atoms with Crippen molar-refractivity contribution in [3.8, 4) is 22.4 Å². The number of halogens is 5. The zero-order valence-electron chi connectivity index (χ0n) is 15.7. The fourth-order valence-electron chi connectivity index (χ4n) is 3.02. The molecule has 0 amide bonds. The number of nitrogens with zero attached hydrogens (tertiary/aromatic N) is 3. The smallest absolute Gasteiger partial charge is 0.293 e. The van der Waals surface area contributed by atoms with Gasteiger partial charge in [-0.3, -0.25) is 14.9 Å². The number of aromatic amines is 1. The van der Waals surface area contributed by atoms with E-state index in [-0.39, 0.29) is 79.4 Å². The molecule has 4 aromatic rings. The monoisotopic (exact) mass is 445 g/mol. The minimum atomic E-state index is -4.60. The van der Waals surface area contributed by atoms with Gasteiger partial charge in [0.2, 0.25) is 0 Å². The van der Waals surface area contributed by atoms with Gasteiger partial charge in [-0.2, -0.15) is 13.2 Å². The van der Waals surface area contributed by atoms with Crippen molar-refractivity contribution < 1.29 is 22.0 Å². The zero-order chi connectivity index (χ0) is 20.9. The molecule has 0 saturated heterocycles. The molecule has 0 aliphatic carbocycles. The number of aromatic nitrogens is 4. The van der Waals surface area contributed by atoms with Crippen molar-refractivity contribution in [1.29, 1.82) is 0 Å². The summed E-state index contributed by atoms with van der Waals surface area (Å²) >= 11 is 0. The van der Waals surface area contributed by atoms with E-state index in [0.717, 1.165) is 35.0 Å². The molecule has 11 heteroatoms. The van der Waals surface area contributed by atoms with Crippen LogP contribution in [0.2, 0.25) is 0 Å². The van der Waals surface area contributed by atoms with E-state index < -0.39 is 29.1 Å². The second kappa shape index (κ2) is 8.31. The van der Waals surface area contributed by atoms with E-state index in [1.807, 2.05) is 0 Å². The topological polar surface area (TPSA) is 63.0 Å². The van der Waals surface area contributed by atoms with Gasteiger partial charge in [0.05, 0.1) is 5.69 Å². The average molecular weight is 445 g/mol. The summed E-state index contributed by atoms with van der Waals surface area (Å²) in [5.74, 6) is -1.60. The van der Waals surface area contributed by atoms with E-state index in [1.54, 1.807) is 6.92 Å². The first-order valence-electron chi connectivity index (χ1n) is 8.26. The molecule has 5 nitrogen and oxygen atoms in total. The Morgan fingerprint density at radius 3 is 2.40 bits per heavy atom. The molecular weight excluding hydrogens is 434 g/mol. The first-order valence-corrected chi connectivity index (χ1v) is 8.26. The minimum Gasteiger partial charge on any atom is -0.293 e. The van der Waals surface area contributed by atoms with Gasteiger partial charge in [-0.1, -0.05) is 0 Å². The molecular formula is C19H11F5KN4O. The van der Waals surface area contributed by atoms with Crippen LogP contribution in [0.4, 0.5) is 22.0 Å². The molecule has 0 aliphatic rings. The fraction of sp³-hybridized carbons (Fsp3) is 0.105. The summed E-state index contributed by atoms with van der Waals surface area (Å²) in [7, 11) is 0. The molecule has 0 aliphatic heterocycles. The van der Waals surface area contributed by atoms with E-state index in [4.69, 9.17) is 0 Å². The van der Waals surface area contributed by atoms with Crippen molar-refractivity contribution in [2.45, 2.75) is 13.1 Å². The van der Waals surface area contributed by atoms with Gasteiger partial charge in [-0.15, -0.1) is 0 Å². The number of hydrogen-bond donors (Lipinski definition) is 1. The van der Waals surface area contributed by atoms with Gasteiger partial charge in [0.1, 0.15) is 17.3 Å². The van der Waals surface area contributed by atoms with Gasteiger partial charge >= 0.3 is 6.18 Å². The number of rotatable bonds is 2. The molecule has 3 heterocycles. The first kappa shape index (κ1) is 22.8. The first-order chi connectivity index (χ1) is 13.6. The zero-order valence-corrected chi connectivity index (χ0v) is 18.8. The Morgan fingerprint density at radius 1 is 1.07 bits per heavy atom. The van der Waals surface area contributed by atoms with Crippen LogP contribution in [0.3, 0.4) is 0 Å². The number of hydrogen-bond acceptors (Lipinski definition) is 3. The average Bonchev–Trinajstić information content (AvgIpc) is 2.98. The van der Waals surface area contributed by atoms with Crippen molar-refractivity contribution in [3.05, 3.63) is 76.0 Å². The standard InChI is InChI=1S/C19H11F5N4O.K/c1-9-17(12-4-3-11(20)6-13(12)21)18-26-14(7-16(29)28(18)27-9)10-2-5-15(25-8-10)19(22,23)24;/h2-8,27H,1H3;. The van der Waals surface area contributed by atoms with E-state index in [1.165, 1.54) is 6.07 Å². The predicted octanol–water partition coefficient (Wildman–Crippen LogP) is 3.98.